The summed E-state index contributed by atoms with van der Waals surface area (Å²) in [6.45, 7) is 0. The van der Waals surface area contributed by atoms with Gasteiger partial charge in [-0.05, 0) is 36.6 Å². The maximum absolute atomic E-state index is 5.51. The van der Waals surface area contributed by atoms with E-state index >= 15 is 0 Å². The van der Waals surface area contributed by atoms with Crippen molar-refractivity contribution in [2.45, 2.75) is 49.1 Å². The molecule has 0 atom stereocenters. The molecule has 4 rings (SSSR count). The predicted molar refractivity (Wildman–Crippen MR) is 117 cm³/mol. The molecule has 5 nitrogen and oxygen atoms in total. The number of hydrogen-bond acceptors (Lipinski definition) is 5. The Morgan fingerprint density at radius 3 is 2.41 bits per heavy atom. The smallest absolute Gasteiger partial charge is 0.192 e. The van der Waals surface area contributed by atoms with E-state index in [2.05, 4.69) is 39.0 Å². The molecule has 29 heavy (non-hydrogen) atoms. The lowest BCUT2D eigenvalue weighted by atomic mass is 9.95. The SMILES string of the molecule is COc1ccc(-c2nnc(SCc3ccccc3)n2C2CCCCC2)cc1OC. The second-order valence-electron chi connectivity index (χ2n) is 7.31. The van der Waals surface area contributed by atoms with Gasteiger partial charge in [0.2, 0.25) is 0 Å². The summed E-state index contributed by atoms with van der Waals surface area (Å²) in [6.07, 6.45) is 6.19. The van der Waals surface area contributed by atoms with Gasteiger partial charge in [0.25, 0.3) is 0 Å². The maximum atomic E-state index is 5.51. The Bertz CT molecular complexity index is 937. The Kier molecular flexibility index (Phi) is 6.39. The average molecular weight is 410 g/mol. The molecule has 0 bridgehead atoms. The van der Waals surface area contributed by atoms with E-state index in [-0.39, 0.29) is 0 Å². The van der Waals surface area contributed by atoms with E-state index in [0.717, 1.165) is 28.0 Å². The van der Waals surface area contributed by atoms with Gasteiger partial charge < -0.3 is 9.47 Å². The summed E-state index contributed by atoms with van der Waals surface area (Å²) in [4.78, 5) is 0. The van der Waals surface area contributed by atoms with Crippen LogP contribution in [0.2, 0.25) is 0 Å². The Morgan fingerprint density at radius 2 is 1.69 bits per heavy atom. The van der Waals surface area contributed by atoms with Gasteiger partial charge in [-0.15, -0.1) is 10.2 Å². The first-order valence-corrected chi connectivity index (χ1v) is 11.1. The van der Waals surface area contributed by atoms with Gasteiger partial charge in [-0.25, -0.2) is 0 Å². The highest BCUT2D eigenvalue weighted by atomic mass is 32.2. The van der Waals surface area contributed by atoms with E-state index in [1.165, 1.54) is 37.7 Å². The van der Waals surface area contributed by atoms with Crippen LogP contribution in [-0.4, -0.2) is 29.0 Å². The van der Waals surface area contributed by atoms with Crippen LogP contribution in [0.1, 0.15) is 43.7 Å². The van der Waals surface area contributed by atoms with Crippen LogP contribution < -0.4 is 9.47 Å². The molecule has 0 radical (unpaired) electrons. The van der Waals surface area contributed by atoms with Gasteiger partial charge in [-0.2, -0.15) is 0 Å². The Labute approximate surface area is 176 Å². The van der Waals surface area contributed by atoms with Crippen molar-refractivity contribution in [3.63, 3.8) is 0 Å². The van der Waals surface area contributed by atoms with Crippen LogP contribution in [0.3, 0.4) is 0 Å². The highest BCUT2D eigenvalue weighted by molar-refractivity contribution is 7.98. The zero-order chi connectivity index (χ0) is 20.1. The molecule has 0 N–H and O–H groups in total. The van der Waals surface area contributed by atoms with Gasteiger partial charge in [0, 0.05) is 17.4 Å². The van der Waals surface area contributed by atoms with E-state index in [0.29, 0.717) is 11.8 Å². The van der Waals surface area contributed by atoms with Crippen LogP contribution in [0.25, 0.3) is 11.4 Å². The maximum Gasteiger partial charge on any atom is 0.192 e. The van der Waals surface area contributed by atoms with E-state index in [1.54, 1.807) is 26.0 Å². The fourth-order valence-electron chi connectivity index (χ4n) is 3.94. The van der Waals surface area contributed by atoms with Gasteiger partial charge in [-0.1, -0.05) is 61.4 Å². The van der Waals surface area contributed by atoms with Gasteiger partial charge in [0.1, 0.15) is 0 Å². The number of methoxy groups -OCH3 is 2. The monoisotopic (exact) mass is 409 g/mol. The third kappa shape index (κ3) is 4.42. The highest BCUT2D eigenvalue weighted by Gasteiger charge is 2.24. The second-order valence-corrected chi connectivity index (χ2v) is 8.25. The Morgan fingerprint density at radius 1 is 0.931 bits per heavy atom. The van der Waals surface area contributed by atoms with Crippen molar-refractivity contribution in [2.75, 3.05) is 14.2 Å². The van der Waals surface area contributed by atoms with Crippen molar-refractivity contribution in [3.05, 3.63) is 54.1 Å². The van der Waals surface area contributed by atoms with E-state index in [9.17, 15) is 0 Å². The third-order valence-electron chi connectivity index (χ3n) is 5.46. The third-order valence-corrected chi connectivity index (χ3v) is 6.47. The minimum atomic E-state index is 0.445. The van der Waals surface area contributed by atoms with Crippen molar-refractivity contribution in [1.82, 2.24) is 14.8 Å². The van der Waals surface area contributed by atoms with E-state index < -0.39 is 0 Å². The van der Waals surface area contributed by atoms with Crippen LogP contribution >= 0.6 is 11.8 Å². The van der Waals surface area contributed by atoms with Crippen LogP contribution in [-0.2, 0) is 5.75 Å². The first-order valence-electron chi connectivity index (χ1n) is 10.1. The van der Waals surface area contributed by atoms with Crippen molar-refractivity contribution in [2.24, 2.45) is 0 Å². The molecule has 3 aromatic rings. The molecule has 6 heteroatoms. The summed E-state index contributed by atoms with van der Waals surface area (Å²) in [6, 6.07) is 16.9. The fourth-order valence-corrected chi connectivity index (χ4v) is 4.90. The Balaban J connectivity index is 1.69. The first-order chi connectivity index (χ1) is 14.3. The standard InChI is InChI=1S/C23H27N3O2S/c1-27-20-14-13-18(15-21(20)28-2)22-24-25-23(26(22)19-11-7-4-8-12-19)29-16-17-9-5-3-6-10-17/h3,5-6,9-10,13-15,19H,4,7-8,11-12,16H2,1-2H3. The summed E-state index contributed by atoms with van der Waals surface area (Å²) < 4.78 is 13.3. The zero-order valence-electron chi connectivity index (χ0n) is 17.0. The summed E-state index contributed by atoms with van der Waals surface area (Å²) in [5.41, 5.74) is 2.30. The molecule has 0 aliphatic heterocycles. The van der Waals surface area contributed by atoms with Crippen LogP contribution in [0, 0.1) is 0 Å². The number of nitrogens with zero attached hydrogens (tertiary/aromatic N) is 3. The van der Waals surface area contributed by atoms with Crippen molar-refractivity contribution >= 4 is 11.8 Å². The molecule has 2 aromatic carbocycles. The lowest BCUT2D eigenvalue weighted by Gasteiger charge is -2.25. The number of aromatic nitrogens is 3. The van der Waals surface area contributed by atoms with Crippen molar-refractivity contribution < 1.29 is 9.47 Å². The number of benzene rings is 2. The largest absolute Gasteiger partial charge is 0.493 e. The highest BCUT2D eigenvalue weighted by Crippen LogP contribution is 2.38. The number of hydrogen-bond donors (Lipinski definition) is 0. The molecule has 1 aliphatic rings. The molecule has 1 heterocycles. The normalized spacial score (nSPS) is 14.7. The topological polar surface area (TPSA) is 49.2 Å². The van der Waals surface area contributed by atoms with Gasteiger partial charge >= 0.3 is 0 Å². The average Bonchev–Trinajstić information content (AvgIpc) is 3.22. The van der Waals surface area contributed by atoms with Gasteiger partial charge in [0.05, 0.1) is 14.2 Å². The lowest BCUT2D eigenvalue weighted by molar-refractivity contribution is 0.339. The Hall–Kier alpha value is -2.47. The molecule has 0 amide bonds. The fraction of sp³-hybridized carbons (Fsp3) is 0.391. The number of thioether (sulfide) groups is 1. The molecule has 0 spiro atoms. The van der Waals surface area contributed by atoms with Crippen LogP contribution in [0.15, 0.2) is 53.7 Å². The quantitative estimate of drug-likeness (QED) is 0.464. The summed E-state index contributed by atoms with van der Waals surface area (Å²) >= 11 is 1.76. The second kappa shape index (κ2) is 9.35. The molecule has 0 unspecified atom stereocenters. The van der Waals surface area contributed by atoms with E-state index in [1.807, 2.05) is 24.3 Å². The van der Waals surface area contributed by atoms with Crippen LogP contribution in [0.5, 0.6) is 11.5 Å². The molecule has 1 saturated carbocycles. The summed E-state index contributed by atoms with van der Waals surface area (Å²) in [5.74, 6) is 3.23. The minimum absolute atomic E-state index is 0.445. The summed E-state index contributed by atoms with van der Waals surface area (Å²) in [7, 11) is 3.31. The molecule has 1 aromatic heterocycles. The molecule has 1 aliphatic carbocycles. The van der Waals surface area contributed by atoms with Crippen molar-refractivity contribution in [1.29, 1.82) is 0 Å². The molecular formula is C23H27N3O2S. The van der Waals surface area contributed by atoms with Gasteiger partial charge in [0.15, 0.2) is 22.5 Å². The molecule has 0 saturated heterocycles. The van der Waals surface area contributed by atoms with Crippen LogP contribution in [0.4, 0.5) is 0 Å². The zero-order valence-corrected chi connectivity index (χ0v) is 17.8. The predicted octanol–water partition coefficient (Wildman–Crippen LogP) is 5.76. The molecule has 152 valence electrons. The molecular weight excluding hydrogens is 382 g/mol. The minimum Gasteiger partial charge on any atom is -0.493 e. The number of ether oxygens (including phenoxy) is 2. The summed E-state index contributed by atoms with van der Waals surface area (Å²) in [5, 5.41) is 10.2. The van der Waals surface area contributed by atoms with Gasteiger partial charge in [-0.3, -0.25) is 4.57 Å². The lowest BCUT2D eigenvalue weighted by Crippen LogP contribution is -2.15. The van der Waals surface area contributed by atoms with E-state index in [4.69, 9.17) is 9.47 Å². The van der Waals surface area contributed by atoms with Crippen molar-refractivity contribution in [3.8, 4) is 22.9 Å². The first kappa shape index (κ1) is 19.8. The molecule has 1 fully saturated rings. The number of rotatable bonds is 7.